The van der Waals surface area contributed by atoms with Crippen molar-refractivity contribution in [2.24, 2.45) is 4.99 Å². The molecule has 0 aliphatic heterocycles. The summed E-state index contributed by atoms with van der Waals surface area (Å²) in [5, 5.41) is 19.1. The fourth-order valence-corrected chi connectivity index (χ4v) is 2.14. The van der Waals surface area contributed by atoms with E-state index in [0.29, 0.717) is 5.56 Å². The van der Waals surface area contributed by atoms with E-state index < -0.39 is 0 Å². The summed E-state index contributed by atoms with van der Waals surface area (Å²) in [4.78, 5) is 4.29. The summed E-state index contributed by atoms with van der Waals surface area (Å²) in [6.07, 6.45) is 6.27. The molecule has 4 nitrogen and oxygen atoms in total. The van der Waals surface area contributed by atoms with Gasteiger partial charge in [0.05, 0.1) is 12.3 Å². The number of hydrogen-bond acceptors (Lipinski definition) is 4. The van der Waals surface area contributed by atoms with Crippen LogP contribution in [0.4, 0.5) is 5.69 Å². The van der Waals surface area contributed by atoms with E-state index in [1.165, 1.54) is 43.7 Å². The SMILES string of the molecule is CCCCCCOc1ccc(N=Cc2cc(O)ccc2O)cc1. The van der Waals surface area contributed by atoms with Crippen LogP contribution in [0.2, 0.25) is 0 Å². The molecular formula is C19H23NO3. The lowest BCUT2D eigenvalue weighted by Gasteiger charge is -2.06. The van der Waals surface area contributed by atoms with Gasteiger partial charge in [-0.1, -0.05) is 26.2 Å². The fraction of sp³-hybridized carbons (Fsp3) is 0.316. The van der Waals surface area contributed by atoms with Gasteiger partial charge in [0.15, 0.2) is 0 Å². The smallest absolute Gasteiger partial charge is 0.124 e. The van der Waals surface area contributed by atoms with E-state index in [2.05, 4.69) is 11.9 Å². The van der Waals surface area contributed by atoms with Crippen molar-refractivity contribution < 1.29 is 14.9 Å². The highest BCUT2D eigenvalue weighted by Crippen LogP contribution is 2.22. The Balaban J connectivity index is 1.89. The first-order chi connectivity index (χ1) is 11.2. The van der Waals surface area contributed by atoms with Crippen LogP contribution in [0.1, 0.15) is 38.2 Å². The van der Waals surface area contributed by atoms with Gasteiger partial charge < -0.3 is 14.9 Å². The molecular weight excluding hydrogens is 290 g/mol. The number of benzene rings is 2. The Morgan fingerprint density at radius 3 is 2.52 bits per heavy atom. The summed E-state index contributed by atoms with van der Waals surface area (Å²) < 4.78 is 5.68. The average Bonchev–Trinajstić information content (AvgIpc) is 2.56. The lowest BCUT2D eigenvalue weighted by molar-refractivity contribution is 0.305. The molecule has 2 rings (SSSR count). The Morgan fingerprint density at radius 2 is 1.78 bits per heavy atom. The molecule has 0 saturated heterocycles. The van der Waals surface area contributed by atoms with Gasteiger partial charge in [0.2, 0.25) is 0 Å². The summed E-state index contributed by atoms with van der Waals surface area (Å²) in [6.45, 7) is 2.93. The van der Waals surface area contributed by atoms with Crippen molar-refractivity contribution in [2.75, 3.05) is 6.61 Å². The third-order valence-electron chi connectivity index (χ3n) is 3.47. The van der Waals surface area contributed by atoms with Gasteiger partial charge in [0, 0.05) is 11.8 Å². The summed E-state index contributed by atoms with van der Waals surface area (Å²) in [5.74, 6) is 1.01. The third kappa shape index (κ3) is 5.66. The normalized spacial score (nSPS) is 11.0. The number of rotatable bonds is 8. The molecule has 0 fully saturated rings. The van der Waals surface area contributed by atoms with Crippen molar-refractivity contribution in [3.63, 3.8) is 0 Å². The first kappa shape index (κ1) is 16.9. The van der Waals surface area contributed by atoms with Crippen molar-refractivity contribution in [3.05, 3.63) is 48.0 Å². The molecule has 4 heteroatoms. The highest BCUT2D eigenvalue weighted by atomic mass is 16.5. The van der Waals surface area contributed by atoms with Crippen LogP contribution in [0.25, 0.3) is 0 Å². The van der Waals surface area contributed by atoms with Crippen LogP contribution in [0.15, 0.2) is 47.5 Å². The zero-order valence-corrected chi connectivity index (χ0v) is 13.4. The molecule has 0 aliphatic rings. The van der Waals surface area contributed by atoms with Gasteiger partial charge in [-0.3, -0.25) is 4.99 Å². The standard InChI is InChI=1S/C19H23NO3/c1-2-3-4-5-12-23-18-9-6-16(7-10-18)20-14-15-13-17(21)8-11-19(15)22/h6-11,13-14,21-22H,2-5,12H2,1H3. The molecule has 2 aromatic rings. The van der Waals surface area contributed by atoms with E-state index in [0.717, 1.165) is 24.5 Å². The lowest BCUT2D eigenvalue weighted by Crippen LogP contribution is -1.96. The van der Waals surface area contributed by atoms with E-state index >= 15 is 0 Å². The molecule has 0 aliphatic carbocycles. The largest absolute Gasteiger partial charge is 0.508 e. The second kappa shape index (κ2) is 8.83. The summed E-state index contributed by atoms with van der Waals surface area (Å²) in [6, 6.07) is 11.8. The molecule has 2 aromatic carbocycles. The summed E-state index contributed by atoms with van der Waals surface area (Å²) in [7, 11) is 0. The topological polar surface area (TPSA) is 62.0 Å². The maximum absolute atomic E-state index is 9.69. The summed E-state index contributed by atoms with van der Waals surface area (Å²) >= 11 is 0. The predicted molar refractivity (Wildman–Crippen MR) is 93.1 cm³/mol. The van der Waals surface area contributed by atoms with E-state index in [4.69, 9.17) is 4.74 Å². The number of phenolic OH excluding ortho intramolecular Hbond substituents is 2. The molecule has 23 heavy (non-hydrogen) atoms. The number of ether oxygens (including phenoxy) is 1. The average molecular weight is 313 g/mol. The predicted octanol–water partition coefficient (Wildman–Crippen LogP) is 4.81. The molecule has 122 valence electrons. The Morgan fingerprint density at radius 1 is 1.00 bits per heavy atom. The molecule has 0 heterocycles. The van der Waals surface area contributed by atoms with Gasteiger partial charge in [-0.05, 0) is 48.9 Å². The number of hydrogen-bond donors (Lipinski definition) is 2. The first-order valence-electron chi connectivity index (χ1n) is 7.98. The number of unbranched alkanes of at least 4 members (excludes halogenated alkanes) is 3. The number of nitrogens with zero attached hydrogens (tertiary/aromatic N) is 1. The molecule has 0 radical (unpaired) electrons. The van der Waals surface area contributed by atoms with Crippen LogP contribution in [0.3, 0.4) is 0 Å². The lowest BCUT2D eigenvalue weighted by atomic mass is 10.2. The Kier molecular flexibility index (Phi) is 6.48. The molecule has 2 N–H and O–H groups in total. The molecule has 0 aromatic heterocycles. The number of aliphatic imine (C=N–C) groups is 1. The van der Waals surface area contributed by atoms with Gasteiger partial charge in [-0.25, -0.2) is 0 Å². The number of phenols is 2. The highest BCUT2D eigenvalue weighted by molar-refractivity contribution is 5.85. The summed E-state index contributed by atoms with van der Waals surface area (Å²) in [5.41, 5.74) is 1.23. The molecule has 0 atom stereocenters. The molecule has 0 unspecified atom stereocenters. The molecule has 0 bridgehead atoms. The maximum atomic E-state index is 9.69. The van der Waals surface area contributed by atoms with Crippen molar-refractivity contribution >= 4 is 11.9 Å². The zero-order chi connectivity index (χ0) is 16.5. The van der Waals surface area contributed by atoms with Crippen molar-refractivity contribution in [1.82, 2.24) is 0 Å². The fourth-order valence-electron chi connectivity index (χ4n) is 2.14. The van der Waals surface area contributed by atoms with Crippen molar-refractivity contribution in [3.8, 4) is 17.2 Å². The van der Waals surface area contributed by atoms with Gasteiger partial charge >= 0.3 is 0 Å². The molecule has 0 amide bonds. The van der Waals surface area contributed by atoms with E-state index in [1.54, 1.807) is 0 Å². The Bertz CT molecular complexity index is 636. The number of aromatic hydroxyl groups is 2. The van der Waals surface area contributed by atoms with Crippen LogP contribution in [0.5, 0.6) is 17.2 Å². The van der Waals surface area contributed by atoms with Crippen LogP contribution in [-0.4, -0.2) is 23.0 Å². The minimum atomic E-state index is 0.0820. The monoisotopic (exact) mass is 313 g/mol. The van der Waals surface area contributed by atoms with Gasteiger partial charge in [-0.2, -0.15) is 0 Å². The van der Waals surface area contributed by atoms with E-state index in [-0.39, 0.29) is 11.5 Å². The third-order valence-corrected chi connectivity index (χ3v) is 3.47. The van der Waals surface area contributed by atoms with Crippen LogP contribution >= 0.6 is 0 Å². The first-order valence-corrected chi connectivity index (χ1v) is 7.98. The van der Waals surface area contributed by atoms with Gasteiger partial charge in [-0.15, -0.1) is 0 Å². The second-order valence-electron chi connectivity index (χ2n) is 5.40. The highest BCUT2D eigenvalue weighted by Gasteiger charge is 2.00. The van der Waals surface area contributed by atoms with E-state index in [1.807, 2.05) is 24.3 Å². The quantitative estimate of drug-likeness (QED) is 0.418. The van der Waals surface area contributed by atoms with Crippen LogP contribution < -0.4 is 4.74 Å². The van der Waals surface area contributed by atoms with Crippen molar-refractivity contribution in [2.45, 2.75) is 32.6 Å². The Hall–Kier alpha value is -2.49. The minimum Gasteiger partial charge on any atom is -0.508 e. The van der Waals surface area contributed by atoms with Gasteiger partial charge in [0.25, 0.3) is 0 Å². The van der Waals surface area contributed by atoms with Crippen LogP contribution in [-0.2, 0) is 0 Å². The minimum absolute atomic E-state index is 0.0820. The zero-order valence-electron chi connectivity index (χ0n) is 13.4. The van der Waals surface area contributed by atoms with E-state index in [9.17, 15) is 10.2 Å². The Labute approximate surface area is 137 Å². The maximum Gasteiger partial charge on any atom is 0.124 e. The van der Waals surface area contributed by atoms with Gasteiger partial charge in [0.1, 0.15) is 17.2 Å². The molecule has 0 spiro atoms. The molecule has 0 saturated carbocycles. The van der Waals surface area contributed by atoms with Crippen molar-refractivity contribution in [1.29, 1.82) is 0 Å². The van der Waals surface area contributed by atoms with Crippen LogP contribution in [0, 0.1) is 0 Å². The second-order valence-corrected chi connectivity index (χ2v) is 5.40.